The van der Waals surface area contributed by atoms with Crippen molar-refractivity contribution in [3.05, 3.63) is 60.7 Å². The fraction of sp³-hybridized carbons (Fsp3) is 0.105. The third-order valence-electron chi connectivity index (χ3n) is 3.25. The molecular weight excluding hydrogens is 308 g/mol. The molecule has 0 aromatic heterocycles. The third kappa shape index (κ3) is 3.95. The normalized spacial score (nSPS) is 9.75. The van der Waals surface area contributed by atoms with Gasteiger partial charge in [0.15, 0.2) is 0 Å². The second-order valence-corrected chi connectivity index (χ2v) is 4.67. The first-order valence-electron chi connectivity index (χ1n) is 7.12. The van der Waals surface area contributed by atoms with Crippen LogP contribution in [0.25, 0.3) is 12.2 Å². The number of carbonyl (C=O) groups excluding carboxylic acids is 1. The summed E-state index contributed by atoms with van der Waals surface area (Å²) >= 11 is 0. The van der Waals surface area contributed by atoms with Gasteiger partial charge < -0.3 is 18.9 Å². The van der Waals surface area contributed by atoms with Crippen LogP contribution in [0.15, 0.2) is 49.6 Å². The smallest absolute Gasteiger partial charge is 0.496 e. The summed E-state index contributed by atoms with van der Waals surface area (Å²) in [6.45, 7) is 7.37. The number of carbonyl (C=O) groups is 1. The van der Waals surface area contributed by atoms with Crippen molar-refractivity contribution < 1.29 is 23.7 Å². The van der Waals surface area contributed by atoms with Crippen LogP contribution in [0.4, 0.5) is 4.79 Å². The van der Waals surface area contributed by atoms with Crippen molar-refractivity contribution in [1.82, 2.24) is 0 Å². The summed E-state index contributed by atoms with van der Waals surface area (Å²) in [5.41, 5.74) is 1.59. The molecule has 0 fully saturated rings. The summed E-state index contributed by atoms with van der Waals surface area (Å²) < 4.78 is 20.7. The molecule has 0 saturated carbocycles. The van der Waals surface area contributed by atoms with Gasteiger partial charge in [0.25, 0.3) is 0 Å². The number of methoxy groups -OCH3 is 2. The number of rotatable bonds is 6. The maximum atomic E-state index is 11.9. The summed E-state index contributed by atoms with van der Waals surface area (Å²) in [6.07, 6.45) is 2.43. The molecule has 0 atom stereocenters. The lowest BCUT2D eigenvalue weighted by atomic mass is 10.2. The maximum absolute atomic E-state index is 11.9. The van der Waals surface area contributed by atoms with Gasteiger partial charge in [-0.25, -0.2) is 4.79 Å². The van der Waals surface area contributed by atoms with E-state index in [1.807, 2.05) is 0 Å². The van der Waals surface area contributed by atoms with E-state index in [0.717, 1.165) is 11.1 Å². The highest BCUT2D eigenvalue weighted by Gasteiger charge is 2.11. The van der Waals surface area contributed by atoms with Gasteiger partial charge in [0.2, 0.25) is 0 Å². The van der Waals surface area contributed by atoms with Crippen molar-refractivity contribution >= 4 is 18.3 Å². The Hall–Kier alpha value is -3.21. The van der Waals surface area contributed by atoms with E-state index < -0.39 is 6.16 Å². The Kier molecular flexibility index (Phi) is 5.63. The molecule has 24 heavy (non-hydrogen) atoms. The van der Waals surface area contributed by atoms with Crippen LogP contribution in [-0.4, -0.2) is 20.4 Å². The zero-order valence-electron chi connectivity index (χ0n) is 13.6. The highest BCUT2D eigenvalue weighted by atomic mass is 16.7. The molecule has 124 valence electrons. The number of hydrogen-bond acceptors (Lipinski definition) is 5. The fourth-order valence-electron chi connectivity index (χ4n) is 2.06. The lowest BCUT2D eigenvalue weighted by Crippen LogP contribution is -2.14. The van der Waals surface area contributed by atoms with Gasteiger partial charge in [-0.2, -0.15) is 0 Å². The lowest BCUT2D eigenvalue weighted by molar-refractivity contribution is 0.151. The zero-order valence-corrected chi connectivity index (χ0v) is 13.6. The van der Waals surface area contributed by atoms with E-state index in [2.05, 4.69) is 13.2 Å². The molecule has 5 heteroatoms. The molecule has 0 amide bonds. The summed E-state index contributed by atoms with van der Waals surface area (Å²) in [5, 5.41) is 0. The monoisotopic (exact) mass is 326 g/mol. The van der Waals surface area contributed by atoms with E-state index in [1.54, 1.807) is 48.6 Å². The summed E-state index contributed by atoms with van der Waals surface area (Å²) in [4.78, 5) is 11.9. The van der Waals surface area contributed by atoms with Crippen molar-refractivity contribution in [3.8, 4) is 23.0 Å². The van der Waals surface area contributed by atoms with Gasteiger partial charge in [-0.15, -0.1) is 0 Å². The summed E-state index contributed by atoms with van der Waals surface area (Å²) in [7, 11) is 3.05. The zero-order chi connectivity index (χ0) is 17.5. The van der Waals surface area contributed by atoms with Gasteiger partial charge in [-0.3, -0.25) is 0 Å². The molecule has 2 aromatic carbocycles. The Labute approximate surface area is 140 Å². The van der Waals surface area contributed by atoms with Gasteiger partial charge in [0.1, 0.15) is 23.0 Å². The van der Waals surface area contributed by atoms with Crippen LogP contribution in [0.3, 0.4) is 0 Å². The van der Waals surface area contributed by atoms with Crippen LogP contribution in [-0.2, 0) is 0 Å². The average molecular weight is 326 g/mol. The second kappa shape index (κ2) is 7.87. The SMILES string of the molecule is C=Cc1ccc(OC(=O)Oc2ccc(C=C)c(OC)c2)cc1OC. The molecule has 0 saturated heterocycles. The molecule has 0 aliphatic heterocycles. The molecule has 0 radical (unpaired) electrons. The number of benzene rings is 2. The molecule has 0 spiro atoms. The Morgan fingerprint density at radius 2 is 1.25 bits per heavy atom. The largest absolute Gasteiger partial charge is 0.519 e. The molecule has 0 aliphatic carbocycles. The number of hydrogen-bond donors (Lipinski definition) is 0. The highest BCUT2D eigenvalue weighted by molar-refractivity contribution is 5.69. The Balaban J connectivity index is 2.11. The molecule has 0 bridgehead atoms. The van der Waals surface area contributed by atoms with E-state index in [9.17, 15) is 4.79 Å². The van der Waals surface area contributed by atoms with E-state index in [1.165, 1.54) is 14.2 Å². The minimum absolute atomic E-state index is 0.303. The van der Waals surface area contributed by atoms with Crippen molar-refractivity contribution in [2.45, 2.75) is 0 Å². The van der Waals surface area contributed by atoms with Crippen LogP contribution in [0.5, 0.6) is 23.0 Å². The van der Waals surface area contributed by atoms with Gasteiger partial charge >= 0.3 is 6.16 Å². The van der Waals surface area contributed by atoms with Crippen LogP contribution in [0.1, 0.15) is 11.1 Å². The molecular formula is C19H18O5. The average Bonchev–Trinajstić information content (AvgIpc) is 2.61. The third-order valence-corrected chi connectivity index (χ3v) is 3.25. The lowest BCUT2D eigenvalue weighted by Gasteiger charge is -2.10. The van der Waals surface area contributed by atoms with Crippen molar-refractivity contribution in [2.24, 2.45) is 0 Å². The highest BCUT2D eigenvalue weighted by Crippen LogP contribution is 2.27. The maximum Gasteiger partial charge on any atom is 0.519 e. The van der Waals surface area contributed by atoms with E-state index in [-0.39, 0.29) is 0 Å². The van der Waals surface area contributed by atoms with Crippen LogP contribution < -0.4 is 18.9 Å². The predicted octanol–water partition coefficient (Wildman–Crippen LogP) is 4.57. The van der Waals surface area contributed by atoms with Gasteiger partial charge in [-0.1, -0.05) is 25.3 Å². The Bertz CT molecular complexity index is 701. The summed E-state index contributed by atoms with van der Waals surface area (Å²) in [6, 6.07) is 9.89. The first kappa shape index (κ1) is 17.1. The molecule has 2 rings (SSSR count). The molecule has 0 N–H and O–H groups in total. The standard InChI is InChI=1S/C19H18O5/c1-5-13-7-9-15(11-17(13)21-3)23-19(20)24-16-10-8-14(6-2)18(12-16)22-4/h5-12H,1-2H2,3-4H3. The van der Waals surface area contributed by atoms with E-state index >= 15 is 0 Å². The van der Waals surface area contributed by atoms with Gasteiger partial charge in [0, 0.05) is 23.3 Å². The predicted molar refractivity (Wildman–Crippen MR) is 92.8 cm³/mol. The number of ether oxygens (including phenoxy) is 4. The van der Waals surface area contributed by atoms with Crippen LogP contribution >= 0.6 is 0 Å². The Morgan fingerprint density at radius 3 is 1.58 bits per heavy atom. The molecule has 0 unspecified atom stereocenters. The molecule has 0 heterocycles. The topological polar surface area (TPSA) is 54.0 Å². The first-order chi connectivity index (χ1) is 11.6. The first-order valence-corrected chi connectivity index (χ1v) is 7.12. The van der Waals surface area contributed by atoms with Crippen molar-refractivity contribution in [1.29, 1.82) is 0 Å². The van der Waals surface area contributed by atoms with E-state index in [4.69, 9.17) is 18.9 Å². The minimum Gasteiger partial charge on any atom is -0.496 e. The van der Waals surface area contributed by atoms with Crippen LogP contribution in [0, 0.1) is 0 Å². The van der Waals surface area contributed by atoms with Gasteiger partial charge in [0.05, 0.1) is 14.2 Å². The summed E-state index contributed by atoms with van der Waals surface area (Å²) in [5.74, 6) is 1.70. The molecule has 0 aliphatic rings. The van der Waals surface area contributed by atoms with Crippen LogP contribution in [0.2, 0.25) is 0 Å². The van der Waals surface area contributed by atoms with E-state index in [0.29, 0.717) is 23.0 Å². The van der Waals surface area contributed by atoms with Crippen molar-refractivity contribution in [3.63, 3.8) is 0 Å². The second-order valence-electron chi connectivity index (χ2n) is 4.67. The fourth-order valence-corrected chi connectivity index (χ4v) is 2.06. The quantitative estimate of drug-likeness (QED) is 0.575. The molecule has 5 nitrogen and oxygen atoms in total. The molecule has 2 aromatic rings. The van der Waals surface area contributed by atoms with Gasteiger partial charge in [-0.05, 0) is 24.3 Å². The minimum atomic E-state index is -0.864. The Morgan fingerprint density at radius 1 is 0.833 bits per heavy atom. The van der Waals surface area contributed by atoms with Crippen molar-refractivity contribution in [2.75, 3.05) is 14.2 Å².